The molecule has 1 aromatic rings. The van der Waals surface area contributed by atoms with Gasteiger partial charge in [0.1, 0.15) is 5.75 Å². The lowest BCUT2D eigenvalue weighted by Gasteiger charge is -2.13. The Bertz CT molecular complexity index is 338. The number of aryl methyl sites for hydroxylation is 1. The van der Waals surface area contributed by atoms with Gasteiger partial charge in [0.05, 0.1) is 11.2 Å². The van der Waals surface area contributed by atoms with Crippen molar-refractivity contribution < 1.29 is 22.8 Å². The minimum atomic E-state index is -4.76. The number of halogens is 3. The van der Waals surface area contributed by atoms with Crippen LogP contribution in [0.5, 0.6) is 5.75 Å². The van der Waals surface area contributed by atoms with E-state index in [-0.39, 0.29) is 16.2 Å². The fraction of sp³-hybridized carbons (Fsp3) is 0.250. The molecule has 1 aromatic carbocycles. The van der Waals surface area contributed by atoms with Crippen molar-refractivity contribution in [3.8, 4) is 5.75 Å². The molecule has 0 saturated carbocycles. The molecule has 0 amide bonds. The van der Waals surface area contributed by atoms with Crippen LogP contribution >= 0.6 is 0 Å². The van der Waals surface area contributed by atoms with Gasteiger partial charge in [-0.05, 0) is 25.1 Å². The predicted octanol–water partition coefficient (Wildman–Crippen LogP) is 2.33. The van der Waals surface area contributed by atoms with Crippen molar-refractivity contribution in [3.63, 3.8) is 0 Å². The van der Waals surface area contributed by atoms with Crippen LogP contribution in [0.1, 0.15) is 5.56 Å². The number of hydrogen-bond donors (Lipinski definition) is 1. The van der Waals surface area contributed by atoms with Crippen molar-refractivity contribution in [1.29, 1.82) is 0 Å². The van der Waals surface area contributed by atoms with Gasteiger partial charge in [0.2, 0.25) is 0 Å². The second kappa shape index (κ2) is 3.70. The maximum absolute atomic E-state index is 12.1. The van der Waals surface area contributed by atoms with Crippen LogP contribution in [0.2, 0.25) is 0 Å². The van der Waals surface area contributed by atoms with Gasteiger partial charge in [-0.3, -0.25) is 0 Å². The smallest absolute Gasteiger partial charge is 0.578 e. The Morgan fingerprint density at radius 1 is 1.36 bits per heavy atom. The molecular weight excluding hydrogens is 217 g/mol. The van der Waals surface area contributed by atoms with E-state index in [1.54, 1.807) is 0 Å². The summed E-state index contributed by atoms with van der Waals surface area (Å²) in [4.78, 5) is -0.324. The van der Waals surface area contributed by atoms with Gasteiger partial charge < -0.3 is 9.66 Å². The molecule has 1 N–H and O–H groups in total. The third-order valence-electron chi connectivity index (χ3n) is 1.57. The van der Waals surface area contributed by atoms with E-state index in [4.69, 9.17) is 5.11 Å². The SMILES string of the molecule is Cc1cc(O)ccc1[S+]([O-])C(F)(F)F. The van der Waals surface area contributed by atoms with Gasteiger partial charge in [0, 0.05) is 5.56 Å². The Hall–Kier alpha value is -0.880. The zero-order valence-electron chi connectivity index (χ0n) is 7.13. The van der Waals surface area contributed by atoms with Crippen LogP contribution in [0, 0.1) is 6.92 Å². The molecule has 0 radical (unpaired) electrons. The van der Waals surface area contributed by atoms with Crippen LogP contribution < -0.4 is 0 Å². The van der Waals surface area contributed by atoms with Gasteiger partial charge in [-0.25, -0.2) is 0 Å². The molecule has 1 unspecified atom stereocenters. The van der Waals surface area contributed by atoms with Crippen molar-refractivity contribution in [2.24, 2.45) is 0 Å². The van der Waals surface area contributed by atoms with E-state index in [1.807, 2.05) is 0 Å². The minimum absolute atomic E-state index is 0.148. The fourth-order valence-corrected chi connectivity index (χ4v) is 1.76. The molecule has 2 nitrogen and oxygen atoms in total. The molecule has 0 aliphatic heterocycles. The van der Waals surface area contributed by atoms with E-state index in [1.165, 1.54) is 6.92 Å². The number of alkyl halides is 3. The average Bonchev–Trinajstić information content (AvgIpc) is 2.01. The maximum Gasteiger partial charge on any atom is 0.578 e. The quantitative estimate of drug-likeness (QED) is 0.744. The lowest BCUT2D eigenvalue weighted by molar-refractivity contribution is -0.0435. The Morgan fingerprint density at radius 3 is 2.36 bits per heavy atom. The van der Waals surface area contributed by atoms with Gasteiger partial charge in [-0.1, -0.05) is 0 Å². The first-order chi connectivity index (χ1) is 6.32. The normalized spacial score (nSPS) is 14.1. The Balaban J connectivity index is 3.08. The maximum atomic E-state index is 12.1. The standard InChI is InChI=1S/C8H7F3O2S/c1-5-4-6(12)2-3-7(5)14(13)8(9,10)11/h2-4,12H,1H3. The Labute approximate surface area is 81.5 Å². The summed E-state index contributed by atoms with van der Waals surface area (Å²) in [6, 6.07) is 3.22. The molecule has 0 spiro atoms. The predicted molar refractivity (Wildman–Crippen MR) is 45.3 cm³/mol. The van der Waals surface area contributed by atoms with E-state index in [0.717, 1.165) is 18.2 Å². The second-order valence-corrected chi connectivity index (χ2v) is 4.10. The van der Waals surface area contributed by atoms with Crippen molar-refractivity contribution >= 4 is 11.2 Å². The van der Waals surface area contributed by atoms with Gasteiger partial charge in [-0.15, -0.1) is 13.2 Å². The summed E-state index contributed by atoms with van der Waals surface area (Å²) in [5.74, 6) is -0.148. The molecule has 0 heterocycles. The third kappa shape index (κ3) is 2.33. The van der Waals surface area contributed by atoms with Crippen molar-refractivity contribution in [2.45, 2.75) is 17.3 Å². The average molecular weight is 224 g/mol. The summed E-state index contributed by atoms with van der Waals surface area (Å²) in [5, 5.41) is 8.94. The first-order valence-electron chi connectivity index (χ1n) is 3.60. The zero-order valence-corrected chi connectivity index (χ0v) is 7.95. The van der Waals surface area contributed by atoms with Crippen molar-refractivity contribution in [2.75, 3.05) is 0 Å². The lowest BCUT2D eigenvalue weighted by atomic mass is 10.2. The summed E-state index contributed by atoms with van der Waals surface area (Å²) in [6.07, 6.45) is 0. The van der Waals surface area contributed by atoms with E-state index < -0.39 is 16.7 Å². The highest BCUT2D eigenvalue weighted by atomic mass is 32.2. The molecule has 0 bridgehead atoms. The van der Waals surface area contributed by atoms with Crippen LogP contribution in [0.3, 0.4) is 0 Å². The van der Waals surface area contributed by atoms with E-state index in [9.17, 15) is 17.7 Å². The molecule has 1 rings (SSSR count). The number of phenolic OH excluding ortho intramolecular Hbond substituents is 1. The topological polar surface area (TPSA) is 43.3 Å². The molecule has 0 aliphatic rings. The van der Waals surface area contributed by atoms with Crippen LogP contribution in [0.25, 0.3) is 0 Å². The molecule has 0 aliphatic carbocycles. The Kier molecular flexibility index (Phi) is 2.96. The Morgan fingerprint density at radius 2 is 1.93 bits per heavy atom. The highest BCUT2D eigenvalue weighted by Crippen LogP contribution is 2.32. The van der Waals surface area contributed by atoms with E-state index in [0.29, 0.717) is 0 Å². The van der Waals surface area contributed by atoms with Gasteiger partial charge in [0.15, 0.2) is 4.90 Å². The molecule has 78 valence electrons. The molecule has 6 heteroatoms. The highest BCUT2D eigenvalue weighted by Gasteiger charge is 2.46. The molecular formula is C8H7F3O2S. The summed E-state index contributed by atoms with van der Waals surface area (Å²) < 4.78 is 47.1. The number of rotatable bonds is 1. The van der Waals surface area contributed by atoms with Crippen molar-refractivity contribution in [1.82, 2.24) is 0 Å². The fourth-order valence-electron chi connectivity index (χ4n) is 0.966. The molecule has 0 aromatic heterocycles. The van der Waals surface area contributed by atoms with Crippen LogP contribution in [0.4, 0.5) is 13.2 Å². The van der Waals surface area contributed by atoms with Gasteiger partial charge in [0.25, 0.3) is 0 Å². The molecule has 14 heavy (non-hydrogen) atoms. The number of aromatic hydroxyl groups is 1. The molecule has 1 atom stereocenters. The van der Waals surface area contributed by atoms with Gasteiger partial charge >= 0.3 is 5.51 Å². The number of benzene rings is 1. The first-order valence-corrected chi connectivity index (χ1v) is 4.75. The molecule has 0 fully saturated rings. The lowest BCUT2D eigenvalue weighted by Crippen LogP contribution is -2.23. The summed E-state index contributed by atoms with van der Waals surface area (Å²) in [5.41, 5.74) is -4.61. The first kappa shape index (κ1) is 11.2. The van der Waals surface area contributed by atoms with E-state index >= 15 is 0 Å². The monoisotopic (exact) mass is 224 g/mol. The number of phenols is 1. The minimum Gasteiger partial charge on any atom is -0.604 e. The molecule has 0 saturated heterocycles. The van der Waals surface area contributed by atoms with Crippen LogP contribution in [0.15, 0.2) is 23.1 Å². The summed E-state index contributed by atoms with van der Waals surface area (Å²) >= 11 is -3.03. The second-order valence-electron chi connectivity index (χ2n) is 2.66. The van der Waals surface area contributed by atoms with Crippen LogP contribution in [-0.4, -0.2) is 15.2 Å². The highest BCUT2D eigenvalue weighted by molar-refractivity contribution is 7.92. The van der Waals surface area contributed by atoms with E-state index in [2.05, 4.69) is 0 Å². The van der Waals surface area contributed by atoms with Crippen LogP contribution in [-0.2, 0) is 11.2 Å². The largest absolute Gasteiger partial charge is 0.604 e. The zero-order chi connectivity index (χ0) is 10.9. The summed E-state index contributed by atoms with van der Waals surface area (Å²) in [6.45, 7) is 1.36. The van der Waals surface area contributed by atoms with Gasteiger partial charge in [-0.2, -0.15) is 0 Å². The number of hydrogen-bond acceptors (Lipinski definition) is 2. The third-order valence-corrected chi connectivity index (χ3v) is 2.85. The van der Waals surface area contributed by atoms with Crippen molar-refractivity contribution in [3.05, 3.63) is 23.8 Å². The summed E-state index contributed by atoms with van der Waals surface area (Å²) in [7, 11) is 0.